The van der Waals surface area contributed by atoms with Gasteiger partial charge in [-0.3, -0.25) is 0 Å². The predicted octanol–water partition coefficient (Wildman–Crippen LogP) is 1.69. The highest BCUT2D eigenvalue weighted by Crippen LogP contribution is 2.24. The molecule has 0 bridgehead atoms. The number of aliphatic hydroxyl groups is 2. The number of hydrogen-bond acceptors (Lipinski definition) is 4. The molecule has 0 aliphatic heterocycles. The molecule has 0 aromatic carbocycles. The first-order valence-electron chi connectivity index (χ1n) is 6.14. The summed E-state index contributed by atoms with van der Waals surface area (Å²) in [7, 11) is 0. The summed E-state index contributed by atoms with van der Waals surface area (Å²) in [5, 5.41) is 19.8. The second kappa shape index (κ2) is 8.01. The lowest BCUT2D eigenvalue weighted by Crippen LogP contribution is -2.53. The van der Waals surface area contributed by atoms with E-state index in [2.05, 4.69) is 0 Å². The topological polar surface area (TPSA) is 58.9 Å². The monoisotopic (exact) mass is 234 g/mol. The smallest absolute Gasteiger partial charge is 0.186 e. The predicted molar refractivity (Wildman–Crippen MR) is 63.2 cm³/mol. The minimum atomic E-state index is -1.09. The van der Waals surface area contributed by atoms with E-state index in [-0.39, 0.29) is 0 Å². The first-order valence-corrected chi connectivity index (χ1v) is 6.14. The van der Waals surface area contributed by atoms with Gasteiger partial charge in [0.2, 0.25) is 0 Å². The Bertz CT molecular complexity index is 174. The van der Waals surface area contributed by atoms with E-state index in [4.69, 9.17) is 9.47 Å². The maximum atomic E-state index is 9.92. The fourth-order valence-corrected chi connectivity index (χ4v) is 1.45. The summed E-state index contributed by atoms with van der Waals surface area (Å²) in [5.74, 6) is 0. The van der Waals surface area contributed by atoms with Gasteiger partial charge in [-0.2, -0.15) is 0 Å². The van der Waals surface area contributed by atoms with Crippen LogP contribution in [0.4, 0.5) is 0 Å². The number of hydrogen-bond donors (Lipinski definition) is 2. The van der Waals surface area contributed by atoms with Gasteiger partial charge in [0.05, 0.1) is 6.10 Å². The van der Waals surface area contributed by atoms with E-state index in [9.17, 15) is 10.2 Å². The molecule has 0 spiro atoms. The van der Waals surface area contributed by atoms with Crippen molar-refractivity contribution in [3.8, 4) is 0 Å². The zero-order valence-corrected chi connectivity index (χ0v) is 10.9. The van der Waals surface area contributed by atoms with Crippen LogP contribution in [0.15, 0.2) is 0 Å². The molecule has 0 aromatic heterocycles. The van der Waals surface area contributed by atoms with Crippen molar-refractivity contribution < 1.29 is 19.7 Å². The van der Waals surface area contributed by atoms with Gasteiger partial charge in [0.1, 0.15) is 5.60 Å². The highest BCUT2D eigenvalue weighted by atomic mass is 16.6. The molecule has 0 saturated heterocycles. The van der Waals surface area contributed by atoms with Gasteiger partial charge in [-0.1, -0.05) is 20.8 Å². The van der Waals surface area contributed by atoms with Gasteiger partial charge in [0.25, 0.3) is 0 Å². The zero-order valence-electron chi connectivity index (χ0n) is 10.9. The van der Waals surface area contributed by atoms with Gasteiger partial charge in [-0.15, -0.1) is 0 Å². The molecular weight excluding hydrogens is 208 g/mol. The van der Waals surface area contributed by atoms with Gasteiger partial charge in [0.15, 0.2) is 6.29 Å². The molecule has 3 atom stereocenters. The first-order chi connectivity index (χ1) is 7.52. The minimum absolute atomic E-state index is 0.461. The van der Waals surface area contributed by atoms with E-state index in [1.54, 1.807) is 6.92 Å². The van der Waals surface area contributed by atoms with Crippen molar-refractivity contribution in [3.63, 3.8) is 0 Å². The quantitative estimate of drug-likeness (QED) is 0.596. The van der Waals surface area contributed by atoms with E-state index in [1.165, 1.54) is 0 Å². The second-order valence-electron chi connectivity index (χ2n) is 4.18. The highest BCUT2D eigenvalue weighted by Gasteiger charge is 2.41. The van der Waals surface area contributed by atoms with Crippen molar-refractivity contribution in [1.29, 1.82) is 0 Å². The molecule has 0 heterocycles. The third-order valence-electron chi connectivity index (χ3n) is 2.64. The minimum Gasteiger partial charge on any atom is -0.390 e. The van der Waals surface area contributed by atoms with Crippen molar-refractivity contribution in [3.05, 3.63) is 0 Å². The van der Waals surface area contributed by atoms with Crippen LogP contribution in [0.1, 0.15) is 47.0 Å². The zero-order chi connectivity index (χ0) is 12.6. The Morgan fingerprint density at radius 3 is 2.06 bits per heavy atom. The van der Waals surface area contributed by atoms with Crippen LogP contribution in [0, 0.1) is 0 Å². The largest absolute Gasteiger partial charge is 0.390 e. The summed E-state index contributed by atoms with van der Waals surface area (Å²) < 4.78 is 10.8. The maximum absolute atomic E-state index is 9.92. The van der Waals surface area contributed by atoms with Gasteiger partial charge < -0.3 is 19.7 Å². The molecule has 4 nitrogen and oxygen atoms in total. The fourth-order valence-electron chi connectivity index (χ4n) is 1.45. The van der Waals surface area contributed by atoms with E-state index >= 15 is 0 Å². The van der Waals surface area contributed by atoms with E-state index in [0.29, 0.717) is 19.6 Å². The molecule has 0 saturated carbocycles. The van der Waals surface area contributed by atoms with E-state index in [1.807, 2.05) is 20.8 Å². The van der Waals surface area contributed by atoms with Gasteiger partial charge >= 0.3 is 0 Å². The summed E-state index contributed by atoms with van der Waals surface area (Å²) in [6, 6.07) is 0. The Balaban J connectivity index is 4.49. The van der Waals surface area contributed by atoms with E-state index in [0.717, 1.165) is 12.8 Å². The van der Waals surface area contributed by atoms with Crippen LogP contribution in [0.2, 0.25) is 0 Å². The molecule has 0 radical (unpaired) electrons. The number of rotatable bonds is 9. The molecule has 0 aromatic rings. The third kappa shape index (κ3) is 4.37. The highest BCUT2D eigenvalue weighted by molar-refractivity contribution is 4.86. The first kappa shape index (κ1) is 15.8. The summed E-state index contributed by atoms with van der Waals surface area (Å²) in [5.41, 5.74) is -1.04. The maximum Gasteiger partial charge on any atom is 0.186 e. The fraction of sp³-hybridized carbons (Fsp3) is 1.00. The van der Waals surface area contributed by atoms with Crippen molar-refractivity contribution in [2.75, 3.05) is 13.2 Å². The summed E-state index contributed by atoms with van der Waals surface area (Å²) in [6.07, 6.45) is 0.363. The SMILES string of the molecule is CCCOC(O)C(C)(OCCC)C(O)CC. The van der Waals surface area contributed by atoms with Crippen LogP contribution in [0.25, 0.3) is 0 Å². The lowest BCUT2D eigenvalue weighted by molar-refractivity contribution is -0.258. The van der Waals surface area contributed by atoms with Gasteiger partial charge in [-0.05, 0) is 26.2 Å². The number of ether oxygens (including phenoxy) is 2. The second-order valence-corrected chi connectivity index (χ2v) is 4.18. The summed E-state index contributed by atoms with van der Waals surface area (Å²) >= 11 is 0. The average molecular weight is 234 g/mol. The molecule has 2 N–H and O–H groups in total. The van der Waals surface area contributed by atoms with Crippen LogP contribution in [-0.4, -0.2) is 41.4 Å². The van der Waals surface area contributed by atoms with Crippen LogP contribution in [-0.2, 0) is 9.47 Å². The third-order valence-corrected chi connectivity index (χ3v) is 2.64. The Kier molecular flexibility index (Phi) is 7.93. The van der Waals surface area contributed by atoms with Crippen LogP contribution < -0.4 is 0 Å². The molecular formula is C12H26O4. The molecule has 0 aliphatic carbocycles. The van der Waals surface area contributed by atoms with Crippen LogP contribution in [0.5, 0.6) is 0 Å². The lowest BCUT2D eigenvalue weighted by Gasteiger charge is -2.37. The van der Waals surface area contributed by atoms with Crippen molar-refractivity contribution in [2.45, 2.75) is 65.0 Å². The molecule has 98 valence electrons. The molecule has 0 amide bonds. The number of aliphatic hydroxyl groups excluding tert-OH is 2. The molecule has 16 heavy (non-hydrogen) atoms. The Hall–Kier alpha value is -0.160. The van der Waals surface area contributed by atoms with Crippen molar-refractivity contribution in [2.24, 2.45) is 0 Å². The standard InChI is InChI=1S/C12H26O4/c1-5-8-15-11(14)12(4,10(13)7-3)16-9-6-2/h10-11,13-14H,5-9H2,1-4H3. The molecule has 0 aliphatic rings. The van der Waals surface area contributed by atoms with Gasteiger partial charge in [-0.25, -0.2) is 0 Å². The molecule has 3 unspecified atom stereocenters. The van der Waals surface area contributed by atoms with Crippen molar-refractivity contribution in [1.82, 2.24) is 0 Å². The average Bonchev–Trinajstić information content (AvgIpc) is 2.31. The summed E-state index contributed by atoms with van der Waals surface area (Å²) in [4.78, 5) is 0. The van der Waals surface area contributed by atoms with Crippen LogP contribution in [0.3, 0.4) is 0 Å². The molecule has 0 fully saturated rings. The molecule has 0 rings (SSSR count). The lowest BCUT2D eigenvalue weighted by atomic mass is 9.96. The normalized spacial score (nSPS) is 19.1. The Morgan fingerprint density at radius 1 is 1.06 bits per heavy atom. The Morgan fingerprint density at radius 2 is 1.62 bits per heavy atom. The van der Waals surface area contributed by atoms with E-state index < -0.39 is 18.0 Å². The summed E-state index contributed by atoms with van der Waals surface area (Å²) in [6.45, 7) is 8.45. The van der Waals surface area contributed by atoms with Gasteiger partial charge in [0, 0.05) is 13.2 Å². The van der Waals surface area contributed by atoms with Crippen molar-refractivity contribution >= 4 is 0 Å². The van der Waals surface area contributed by atoms with Crippen LogP contribution >= 0.6 is 0 Å². The Labute approximate surface area is 98.6 Å². The molecule has 4 heteroatoms.